The summed E-state index contributed by atoms with van der Waals surface area (Å²) in [4.78, 5) is 4.83. The third-order valence-corrected chi connectivity index (χ3v) is 4.17. The predicted octanol–water partition coefficient (Wildman–Crippen LogP) is 4.70. The fraction of sp³-hybridized carbons (Fsp3) is 0.188. The second kappa shape index (κ2) is 4.19. The maximum Gasteiger partial charge on any atom is 0.0675 e. The molecule has 2 aromatic carbocycles. The lowest BCUT2D eigenvalue weighted by Gasteiger charge is -2.22. The highest BCUT2D eigenvalue weighted by Crippen LogP contribution is 2.42. The molecule has 0 fully saturated rings. The van der Waals surface area contributed by atoms with Gasteiger partial charge in [0, 0.05) is 8.99 Å². The molecule has 3 rings (SSSR count). The smallest absolute Gasteiger partial charge is 0.0675 e. The predicted molar refractivity (Wildman–Crippen MR) is 84.8 cm³/mol. The molecule has 0 radical (unpaired) electrons. The van der Waals surface area contributed by atoms with Crippen LogP contribution in [-0.4, -0.2) is 5.71 Å². The zero-order chi connectivity index (χ0) is 12.8. The molecule has 1 aliphatic heterocycles. The second-order valence-corrected chi connectivity index (χ2v) is 6.36. The Morgan fingerprint density at radius 1 is 1.00 bits per heavy atom. The molecule has 0 spiro atoms. The van der Waals surface area contributed by atoms with E-state index in [1.807, 2.05) is 6.07 Å². The molecule has 0 aliphatic carbocycles. The summed E-state index contributed by atoms with van der Waals surface area (Å²) in [6.07, 6.45) is 0. The summed E-state index contributed by atoms with van der Waals surface area (Å²) < 4.78 is 1.27. The van der Waals surface area contributed by atoms with Crippen molar-refractivity contribution in [3.05, 3.63) is 63.2 Å². The number of halogens is 1. The first kappa shape index (κ1) is 11.9. The van der Waals surface area contributed by atoms with Gasteiger partial charge in [-0.1, -0.05) is 44.2 Å². The molecule has 2 heteroatoms. The van der Waals surface area contributed by atoms with Gasteiger partial charge in [0.1, 0.15) is 0 Å². The van der Waals surface area contributed by atoms with Crippen LogP contribution in [0.1, 0.15) is 25.0 Å². The first-order valence-electron chi connectivity index (χ1n) is 6.03. The number of hydrogen-bond donors (Lipinski definition) is 0. The van der Waals surface area contributed by atoms with Crippen LogP contribution in [0.5, 0.6) is 0 Å². The fourth-order valence-corrected chi connectivity index (χ4v) is 3.01. The van der Waals surface area contributed by atoms with Crippen molar-refractivity contribution >= 4 is 34.0 Å². The fourth-order valence-electron chi connectivity index (χ4n) is 2.52. The van der Waals surface area contributed by atoms with Crippen molar-refractivity contribution in [3.8, 4) is 0 Å². The Kier molecular flexibility index (Phi) is 2.77. The average molecular weight is 347 g/mol. The molecule has 1 heterocycles. The Morgan fingerprint density at radius 2 is 1.72 bits per heavy atom. The van der Waals surface area contributed by atoms with E-state index in [0.29, 0.717) is 0 Å². The number of benzene rings is 2. The first-order valence-corrected chi connectivity index (χ1v) is 7.11. The Bertz CT molecular complexity index is 627. The Hall–Kier alpha value is -1.16. The normalized spacial score (nSPS) is 16.3. The van der Waals surface area contributed by atoms with Gasteiger partial charge in [0.15, 0.2) is 0 Å². The Morgan fingerprint density at radius 3 is 2.44 bits per heavy atom. The van der Waals surface area contributed by atoms with E-state index in [9.17, 15) is 0 Å². The van der Waals surface area contributed by atoms with Crippen LogP contribution >= 0.6 is 22.6 Å². The molecule has 0 amide bonds. The van der Waals surface area contributed by atoms with Gasteiger partial charge >= 0.3 is 0 Å². The van der Waals surface area contributed by atoms with E-state index in [1.54, 1.807) is 0 Å². The number of fused-ring (bicyclic) bond motifs is 1. The largest absolute Gasteiger partial charge is 0.252 e. The summed E-state index contributed by atoms with van der Waals surface area (Å²) in [5.41, 5.74) is 4.80. The van der Waals surface area contributed by atoms with Gasteiger partial charge in [0.25, 0.3) is 0 Å². The molecule has 1 nitrogen and oxygen atoms in total. The number of rotatable bonds is 1. The molecule has 1 aliphatic rings. The SMILES string of the molecule is CC1(C)C(c2ccccc2)=Nc2ccc(I)cc21. The van der Waals surface area contributed by atoms with Crippen molar-refractivity contribution < 1.29 is 0 Å². The van der Waals surface area contributed by atoms with Crippen LogP contribution in [0, 0.1) is 3.57 Å². The standard InChI is InChI=1S/C16H14IN/c1-16(2)13-10-12(17)8-9-14(13)18-15(16)11-6-4-3-5-7-11/h3-10H,1-2H3. The molecule has 0 N–H and O–H groups in total. The minimum absolute atomic E-state index is 0.0160. The zero-order valence-electron chi connectivity index (χ0n) is 10.4. The Labute approximate surface area is 121 Å². The Balaban J connectivity index is 2.16. The average Bonchev–Trinajstić information content (AvgIpc) is 2.63. The van der Waals surface area contributed by atoms with Gasteiger partial charge in [-0.2, -0.15) is 0 Å². The third kappa shape index (κ3) is 1.79. The molecule has 2 aromatic rings. The zero-order valence-corrected chi connectivity index (χ0v) is 12.6. The van der Waals surface area contributed by atoms with Crippen LogP contribution in [0.3, 0.4) is 0 Å². The second-order valence-electron chi connectivity index (χ2n) is 5.11. The molecule has 0 saturated heterocycles. The van der Waals surface area contributed by atoms with E-state index in [1.165, 1.54) is 20.4 Å². The van der Waals surface area contributed by atoms with E-state index in [-0.39, 0.29) is 5.41 Å². The summed E-state index contributed by atoms with van der Waals surface area (Å²) in [5.74, 6) is 0. The van der Waals surface area contributed by atoms with Crippen LogP contribution in [0.4, 0.5) is 5.69 Å². The van der Waals surface area contributed by atoms with E-state index >= 15 is 0 Å². The molecular formula is C16H14IN. The molecule has 0 saturated carbocycles. The summed E-state index contributed by atoms with van der Waals surface area (Å²) in [5, 5.41) is 0. The van der Waals surface area contributed by atoms with Gasteiger partial charge in [-0.05, 0) is 51.9 Å². The van der Waals surface area contributed by atoms with Crippen LogP contribution in [0.15, 0.2) is 53.5 Å². The lowest BCUT2D eigenvalue weighted by Crippen LogP contribution is -2.26. The minimum Gasteiger partial charge on any atom is -0.252 e. The van der Waals surface area contributed by atoms with E-state index in [4.69, 9.17) is 4.99 Å². The van der Waals surface area contributed by atoms with Crippen molar-refractivity contribution in [1.82, 2.24) is 0 Å². The lowest BCUT2D eigenvalue weighted by atomic mass is 9.79. The molecule has 90 valence electrons. The monoisotopic (exact) mass is 347 g/mol. The van der Waals surface area contributed by atoms with Gasteiger partial charge in [-0.3, -0.25) is 4.99 Å². The van der Waals surface area contributed by atoms with Crippen LogP contribution in [0.25, 0.3) is 0 Å². The summed E-state index contributed by atoms with van der Waals surface area (Å²) in [6, 6.07) is 16.9. The van der Waals surface area contributed by atoms with E-state index in [0.717, 1.165) is 5.69 Å². The molecule has 0 atom stereocenters. The van der Waals surface area contributed by atoms with Gasteiger partial charge in [0.05, 0.1) is 11.4 Å². The lowest BCUT2D eigenvalue weighted by molar-refractivity contribution is 0.737. The van der Waals surface area contributed by atoms with Gasteiger partial charge in [-0.15, -0.1) is 0 Å². The third-order valence-electron chi connectivity index (χ3n) is 3.50. The van der Waals surface area contributed by atoms with E-state index in [2.05, 4.69) is 78.9 Å². The molecule has 0 bridgehead atoms. The number of aliphatic imine (C=N–C) groups is 1. The van der Waals surface area contributed by atoms with Crippen LogP contribution in [0.2, 0.25) is 0 Å². The number of hydrogen-bond acceptors (Lipinski definition) is 1. The van der Waals surface area contributed by atoms with Crippen LogP contribution < -0.4 is 0 Å². The van der Waals surface area contributed by atoms with Crippen molar-refractivity contribution in [2.45, 2.75) is 19.3 Å². The van der Waals surface area contributed by atoms with Gasteiger partial charge in [0.2, 0.25) is 0 Å². The van der Waals surface area contributed by atoms with Crippen LogP contribution in [-0.2, 0) is 5.41 Å². The van der Waals surface area contributed by atoms with E-state index < -0.39 is 0 Å². The highest BCUT2D eigenvalue weighted by atomic mass is 127. The molecule has 0 unspecified atom stereocenters. The van der Waals surface area contributed by atoms with Gasteiger partial charge in [-0.25, -0.2) is 0 Å². The molecular weight excluding hydrogens is 333 g/mol. The molecule has 18 heavy (non-hydrogen) atoms. The summed E-state index contributed by atoms with van der Waals surface area (Å²) in [7, 11) is 0. The topological polar surface area (TPSA) is 12.4 Å². The minimum atomic E-state index is -0.0160. The van der Waals surface area contributed by atoms with Crippen molar-refractivity contribution in [3.63, 3.8) is 0 Å². The highest BCUT2D eigenvalue weighted by molar-refractivity contribution is 14.1. The maximum absolute atomic E-state index is 4.83. The first-order chi connectivity index (χ1) is 8.59. The quantitative estimate of drug-likeness (QED) is 0.663. The van der Waals surface area contributed by atoms with Crippen molar-refractivity contribution in [1.29, 1.82) is 0 Å². The van der Waals surface area contributed by atoms with Crippen molar-refractivity contribution in [2.24, 2.45) is 4.99 Å². The van der Waals surface area contributed by atoms with Crippen molar-refractivity contribution in [2.75, 3.05) is 0 Å². The molecule has 0 aromatic heterocycles. The summed E-state index contributed by atoms with van der Waals surface area (Å²) in [6.45, 7) is 4.50. The maximum atomic E-state index is 4.83. The number of nitrogens with zero attached hydrogens (tertiary/aromatic N) is 1. The van der Waals surface area contributed by atoms with Gasteiger partial charge < -0.3 is 0 Å². The highest BCUT2D eigenvalue weighted by Gasteiger charge is 2.35. The summed E-state index contributed by atoms with van der Waals surface area (Å²) >= 11 is 2.36.